The molecular weight excluding hydrogens is 464 g/mol. The molecule has 2 heteroatoms. The normalized spacial score (nSPS) is 13.1. The number of carboxylic acid groups (broad SMARTS) is 1. The summed E-state index contributed by atoms with van der Waals surface area (Å²) in [5.41, 5.74) is 0. The minimum Gasteiger partial charge on any atom is -0.481 e. The smallest absolute Gasteiger partial charge is 0.303 e. The number of carboxylic acids is 1. The van der Waals surface area contributed by atoms with Gasteiger partial charge >= 0.3 is 5.97 Å². The Hall–Kier alpha value is -0.530. The SMILES string of the molecule is CCCCCCCCCCCCCCCC(CC)C(CCCCCCCCCCCCC)CCCC(=O)O. The number of rotatable bonds is 32. The van der Waals surface area contributed by atoms with Crippen LogP contribution in [0.4, 0.5) is 0 Å². The molecule has 0 saturated carbocycles. The molecule has 0 radical (unpaired) electrons. The lowest BCUT2D eigenvalue weighted by Gasteiger charge is -2.26. The lowest BCUT2D eigenvalue weighted by Crippen LogP contribution is -2.15. The molecular formula is C36H72O2. The second-order valence-electron chi connectivity index (χ2n) is 12.6. The highest BCUT2D eigenvalue weighted by Gasteiger charge is 2.19. The molecule has 0 aromatic carbocycles. The van der Waals surface area contributed by atoms with Gasteiger partial charge in [0.25, 0.3) is 0 Å². The molecule has 0 rings (SSSR count). The van der Waals surface area contributed by atoms with E-state index in [2.05, 4.69) is 20.8 Å². The summed E-state index contributed by atoms with van der Waals surface area (Å²) in [5, 5.41) is 9.14. The summed E-state index contributed by atoms with van der Waals surface area (Å²) in [7, 11) is 0. The van der Waals surface area contributed by atoms with Crippen LogP contribution in [-0.2, 0) is 4.79 Å². The monoisotopic (exact) mass is 537 g/mol. The van der Waals surface area contributed by atoms with Gasteiger partial charge in [-0.3, -0.25) is 4.79 Å². The Labute approximate surface area is 240 Å². The van der Waals surface area contributed by atoms with Crippen molar-refractivity contribution in [2.75, 3.05) is 0 Å². The number of unbranched alkanes of at least 4 members (excludes halogenated alkanes) is 22. The molecule has 0 aromatic heterocycles. The maximum atomic E-state index is 11.1. The van der Waals surface area contributed by atoms with E-state index in [0.29, 0.717) is 6.42 Å². The van der Waals surface area contributed by atoms with Crippen LogP contribution in [0.2, 0.25) is 0 Å². The Bertz CT molecular complexity index is 460. The molecule has 0 aliphatic heterocycles. The molecule has 38 heavy (non-hydrogen) atoms. The fourth-order valence-electron chi connectivity index (χ4n) is 6.40. The highest BCUT2D eigenvalue weighted by atomic mass is 16.4. The molecule has 228 valence electrons. The second kappa shape index (κ2) is 31.0. The van der Waals surface area contributed by atoms with Crippen molar-refractivity contribution in [3.05, 3.63) is 0 Å². The van der Waals surface area contributed by atoms with Gasteiger partial charge in [-0.25, -0.2) is 0 Å². The number of hydrogen-bond donors (Lipinski definition) is 1. The second-order valence-corrected chi connectivity index (χ2v) is 12.6. The van der Waals surface area contributed by atoms with Crippen LogP contribution in [0, 0.1) is 11.8 Å². The molecule has 0 amide bonds. The van der Waals surface area contributed by atoms with Gasteiger partial charge in [-0.1, -0.05) is 194 Å². The average Bonchev–Trinajstić information content (AvgIpc) is 2.91. The minimum absolute atomic E-state index is 0.351. The zero-order valence-electron chi connectivity index (χ0n) is 26.7. The highest BCUT2D eigenvalue weighted by molar-refractivity contribution is 5.66. The summed E-state index contributed by atoms with van der Waals surface area (Å²) in [4.78, 5) is 11.1. The van der Waals surface area contributed by atoms with E-state index in [4.69, 9.17) is 5.11 Å². The molecule has 1 N–H and O–H groups in total. The first-order valence-corrected chi connectivity index (χ1v) is 17.9. The molecule has 0 fully saturated rings. The Balaban J connectivity index is 3.98. The molecule has 2 atom stereocenters. The first kappa shape index (κ1) is 37.5. The number of hydrogen-bond acceptors (Lipinski definition) is 1. The van der Waals surface area contributed by atoms with Gasteiger partial charge in [0.05, 0.1) is 0 Å². The van der Waals surface area contributed by atoms with E-state index in [-0.39, 0.29) is 0 Å². The fraction of sp³-hybridized carbons (Fsp3) is 0.972. The fourth-order valence-corrected chi connectivity index (χ4v) is 6.40. The largest absolute Gasteiger partial charge is 0.481 e. The maximum absolute atomic E-state index is 11.1. The van der Waals surface area contributed by atoms with E-state index >= 15 is 0 Å². The summed E-state index contributed by atoms with van der Waals surface area (Å²) in [6.45, 7) is 6.96. The van der Waals surface area contributed by atoms with Crippen LogP contribution >= 0.6 is 0 Å². The summed E-state index contributed by atoms with van der Waals surface area (Å²) in [6, 6.07) is 0. The molecule has 0 aliphatic rings. The first-order valence-electron chi connectivity index (χ1n) is 17.9. The molecule has 2 unspecified atom stereocenters. The van der Waals surface area contributed by atoms with Gasteiger partial charge in [0.15, 0.2) is 0 Å². The maximum Gasteiger partial charge on any atom is 0.303 e. The van der Waals surface area contributed by atoms with E-state index in [1.807, 2.05) is 0 Å². The van der Waals surface area contributed by atoms with Crippen LogP contribution in [-0.4, -0.2) is 11.1 Å². The Morgan fingerprint density at radius 1 is 0.421 bits per heavy atom. The minimum atomic E-state index is -0.622. The van der Waals surface area contributed by atoms with Gasteiger partial charge in [0, 0.05) is 6.42 Å². The van der Waals surface area contributed by atoms with Gasteiger partial charge < -0.3 is 5.11 Å². The van der Waals surface area contributed by atoms with Crippen LogP contribution in [0.25, 0.3) is 0 Å². The lowest BCUT2D eigenvalue weighted by atomic mass is 9.79. The zero-order chi connectivity index (χ0) is 27.9. The predicted octanol–water partition coefficient (Wildman–Crippen LogP) is 13.1. The quantitative estimate of drug-likeness (QED) is 0.0868. The van der Waals surface area contributed by atoms with Crippen molar-refractivity contribution in [2.45, 2.75) is 213 Å². The van der Waals surface area contributed by atoms with Gasteiger partial charge in [-0.2, -0.15) is 0 Å². The van der Waals surface area contributed by atoms with Gasteiger partial charge in [-0.15, -0.1) is 0 Å². The Morgan fingerprint density at radius 3 is 1.03 bits per heavy atom. The van der Waals surface area contributed by atoms with Gasteiger partial charge in [0.1, 0.15) is 0 Å². The molecule has 0 aromatic rings. The summed E-state index contributed by atoms with van der Waals surface area (Å²) >= 11 is 0. The van der Waals surface area contributed by atoms with E-state index in [1.165, 1.54) is 173 Å². The zero-order valence-corrected chi connectivity index (χ0v) is 26.7. The summed E-state index contributed by atoms with van der Waals surface area (Å²) < 4.78 is 0. The third-order valence-corrected chi connectivity index (χ3v) is 9.01. The predicted molar refractivity (Wildman–Crippen MR) is 170 cm³/mol. The standard InChI is InChI=1S/C36H72O2/c1-4-7-9-11-13-15-17-18-20-21-23-25-27-30-34(6-3)35(32-29-33-36(37)38)31-28-26-24-22-19-16-14-12-10-8-5-2/h34-35H,4-33H2,1-3H3,(H,37,38). The third-order valence-electron chi connectivity index (χ3n) is 9.01. The van der Waals surface area contributed by atoms with Crippen molar-refractivity contribution in [2.24, 2.45) is 11.8 Å². The average molecular weight is 537 g/mol. The van der Waals surface area contributed by atoms with Crippen molar-refractivity contribution in [1.29, 1.82) is 0 Å². The molecule has 0 saturated heterocycles. The van der Waals surface area contributed by atoms with Gasteiger partial charge in [0.2, 0.25) is 0 Å². The van der Waals surface area contributed by atoms with E-state index in [0.717, 1.165) is 24.7 Å². The molecule has 0 heterocycles. The first-order chi connectivity index (χ1) is 18.7. The summed E-state index contributed by atoms with van der Waals surface area (Å²) in [5.74, 6) is 0.929. The highest BCUT2D eigenvalue weighted by Crippen LogP contribution is 2.31. The number of aliphatic carboxylic acids is 1. The van der Waals surface area contributed by atoms with Crippen molar-refractivity contribution in [1.82, 2.24) is 0 Å². The lowest BCUT2D eigenvalue weighted by molar-refractivity contribution is -0.137. The van der Waals surface area contributed by atoms with Crippen molar-refractivity contribution >= 4 is 5.97 Å². The molecule has 0 bridgehead atoms. The van der Waals surface area contributed by atoms with E-state index in [9.17, 15) is 4.79 Å². The van der Waals surface area contributed by atoms with E-state index in [1.54, 1.807) is 0 Å². The van der Waals surface area contributed by atoms with Crippen LogP contribution in [0.1, 0.15) is 213 Å². The summed E-state index contributed by atoms with van der Waals surface area (Å²) in [6.07, 6.45) is 40.2. The van der Waals surface area contributed by atoms with Crippen LogP contribution < -0.4 is 0 Å². The van der Waals surface area contributed by atoms with Crippen molar-refractivity contribution < 1.29 is 9.90 Å². The third kappa shape index (κ3) is 27.1. The molecule has 0 aliphatic carbocycles. The number of carbonyl (C=O) groups is 1. The molecule has 0 spiro atoms. The topological polar surface area (TPSA) is 37.3 Å². The van der Waals surface area contributed by atoms with Crippen molar-refractivity contribution in [3.63, 3.8) is 0 Å². The van der Waals surface area contributed by atoms with Crippen LogP contribution in [0.5, 0.6) is 0 Å². The van der Waals surface area contributed by atoms with E-state index < -0.39 is 5.97 Å². The van der Waals surface area contributed by atoms with Gasteiger partial charge in [-0.05, 0) is 24.7 Å². The van der Waals surface area contributed by atoms with Crippen molar-refractivity contribution in [3.8, 4) is 0 Å². The Morgan fingerprint density at radius 2 is 0.711 bits per heavy atom. The molecule has 2 nitrogen and oxygen atoms in total. The Kier molecular flexibility index (Phi) is 30.6. The van der Waals surface area contributed by atoms with Crippen LogP contribution in [0.3, 0.4) is 0 Å². The van der Waals surface area contributed by atoms with Crippen LogP contribution in [0.15, 0.2) is 0 Å².